The van der Waals surface area contributed by atoms with Gasteiger partial charge in [-0.05, 0) is 12.1 Å². The van der Waals surface area contributed by atoms with Gasteiger partial charge in [-0.1, -0.05) is 18.7 Å². The highest BCUT2D eigenvalue weighted by Gasteiger charge is 2.20. The Morgan fingerprint density at radius 3 is 2.85 bits per heavy atom. The lowest BCUT2D eigenvalue weighted by Crippen LogP contribution is -3.00. The van der Waals surface area contributed by atoms with Gasteiger partial charge >= 0.3 is 0 Å². The van der Waals surface area contributed by atoms with Crippen LogP contribution >= 0.6 is 0 Å². The number of nitro benzene ring substituents is 1. The van der Waals surface area contributed by atoms with Crippen LogP contribution in [0, 0.1) is 10.1 Å². The number of hydrogen-bond donors (Lipinski definition) is 0. The van der Waals surface area contributed by atoms with Crippen molar-refractivity contribution in [1.29, 1.82) is 0 Å². The molecule has 3 rings (SSSR count). The first-order valence-corrected chi connectivity index (χ1v) is 5.90. The molecule has 2 aromatic heterocycles. The zero-order valence-corrected chi connectivity index (χ0v) is 12.2. The van der Waals surface area contributed by atoms with Crippen LogP contribution in [-0.2, 0) is 6.54 Å². The highest BCUT2D eigenvalue weighted by molar-refractivity contribution is 5.78. The van der Waals surface area contributed by atoms with E-state index in [0.717, 1.165) is 16.7 Å². The number of non-ortho nitro benzene ring substituents is 1. The van der Waals surface area contributed by atoms with Crippen LogP contribution in [0.5, 0.6) is 0 Å². The van der Waals surface area contributed by atoms with E-state index in [1.165, 1.54) is 6.07 Å². The first kappa shape index (κ1) is 14.2. The smallest absolute Gasteiger partial charge is 0.287 e. The predicted molar refractivity (Wildman–Crippen MR) is 71.9 cm³/mol. The van der Waals surface area contributed by atoms with Crippen molar-refractivity contribution in [2.45, 2.75) is 6.54 Å². The molecule has 1 aromatic carbocycles. The summed E-state index contributed by atoms with van der Waals surface area (Å²) in [6.45, 7) is 4.35. The van der Waals surface area contributed by atoms with Crippen LogP contribution in [0.4, 0.5) is 5.69 Å². The second-order valence-corrected chi connectivity index (χ2v) is 4.26. The highest BCUT2D eigenvalue weighted by Crippen LogP contribution is 2.21. The largest absolute Gasteiger partial charge is 1.00 e. The Labute approximate surface area is 125 Å². The zero-order chi connectivity index (χ0) is 13.4. The summed E-state index contributed by atoms with van der Waals surface area (Å²) in [6.07, 6.45) is 3.73. The van der Waals surface area contributed by atoms with Gasteiger partial charge in [0, 0.05) is 12.1 Å². The molecule has 0 atom stereocenters. The van der Waals surface area contributed by atoms with Gasteiger partial charge in [-0.15, -0.1) is 0 Å². The molecule has 20 heavy (non-hydrogen) atoms. The molecule has 2 heterocycles. The van der Waals surface area contributed by atoms with Gasteiger partial charge < -0.3 is 17.0 Å². The number of rotatable bonds is 3. The number of allylic oxidation sites excluding steroid dienone is 1. The summed E-state index contributed by atoms with van der Waals surface area (Å²) in [5, 5.41) is 10.9. The third-order valence-corrected chi connectivity index (χ3v) is 3.15. The number of fused-ring (bicyclic) bond motifs is 3. The summed E-state index contributed by atoms with van der Waals surface area (Å²) < 4.78 is 4.03. The van der Waals surface area contributed by atoms with Crippen molar-refractivity contribution in [3.05, 3.63) is 65.4 Å². The zero-order valence-electron chi connectivity index (χ0n) is 10.6. The molecule has 0 amide bonds. The van der Waals surface area contributed by atoms with Gasteiger partial charge in [-0.25, -0.2) is 4.57 Å². The number of benzene rings is 1. The van der Waals surface area contributed by atoms with Gasteiger partial charge in [-0.3, -0.25) is 10.1 Å². The fourth-order valence-corrected chi connectivity index (χ4v) is 2.35. The van der Waals surface area contributed by atoms with Gasteiger partial charge in [-0.2, -0.15) is 4.40 Å². The summed E-state index contributed by atoms with van der Waals surface area (Å²) in [5.74, 6) is 0. The molecule has 0 unspecified atom stereocenters. The van der Waals surface area contributed by atoms with Crippen LogP contribution in [0.25, 0.3) is 16.7 Å². The fraction of sp³-hybridized carbons (Fsp3) is 0.0714. The van der Waals surface area contributed by atoms with E-state index in [9.17, 15) is 10.1 Å². The Kier molecular flexibility index (Phi) is 3.85. The fourth-order valence-electron chi connectivity index (χ4n) is 2.35. The summed E-state index contributed by atoms with van der Waals surface area (Å²) in [4.78, 5) is 10.5. The van der Waals surface area contributed by atoms with Crippen molar-refractivity contribution in [3.8, 4) is 0 Å². The summed E-state index contributed by atoms with van der Waals surface area (Å²) >= 11 is 0. The molecule has 102 valence electrons. The van der Waals surface area contributed by atoms with Crippen molar-refractivity contribution < 1.29 is 26.3 Å². The number of imidazole rings is 1. The molecule has 5 nitrogen and oxygen atoms in total. The predicted octanol–water partition coefficient (Wildman–Crippen LogP) is -0.522. The number of halogens is 1. The van der Waals surface area contributed by atoms with Crippen molar-refractivity contribution >= 4 is 22.4 Å². The van der Waals surface area contributed by atoms with Crippen LogP contribution < -0.4 is 21.4 Å². The average molecular weight is 334 g/mol. The summed E-state index contributed by atoms with van der Waals surface area (Å²) in [5.41, 5.74) is 2.86. The monoisotopic (exact) mass is 333 g/mol. The molecule has 3 aromatic rings. The van der Waals surface area contributed by atoms with Crippen molar-refractivity contribution in [2.24, 2.45) is 0 Å². The maximum Gasteiger partial charge on any atom is 0.287 e. The Bertz CT molecular complexity index is 811. The number of nitro groups is 1. The minimum atomic E-state index is -0.375. The highest BCUT2D eigenvalue weighted by atomic mass is 79.9. The molecule has 0 fully saturated rings. The first-order chi connectivity index (χ1) is 9.22. The molecule has 0 radical (unpaired) electrons. The van der Waals surface area contributed by atoms with E-state index >= 15 is 0 Å². The SMILES string of the molecule is C=CCn1c2cc([N+](=O)[O-])ccc2[n+]2ccccc12.[Br-]. The van der Waals surface area contributed by atoms with Gasteiger partial charge in [0.15, 0.2) is 11.0 Å². The van der Waals surface area contributed by atoms with Crippen molar-refractivity contribution in [1.82, 2.24) is 4.57 Å². The topological polar surface area (TPSA) is 52.2 Å². The molecule has 0 spiro atoms. The number of aromatic nitrogens is 2. The Hall–Kier alpha value is -2.21. The molecule has 0 aliphatic rings. The minimum absolute atomic E-state index is 0. The number of nitrogens with zero attached hydrogens (tertiary/aromatic N) is 3. The number of pyridine rings is 1. The third kappa shape index (κ3) is 2.08. The molecular weight excluding hydrogens is 322 g/mol. The lowest BCUT2D eigenvalue weighted by molar-refractivity contribution is -0.481. The van der Waals surface area contributed by atoms with Crippen LogP contribution in [-0.4, -0.2) is 9.49 Å². The second kappa shape index (κ2) is 5.42. The van der Waals surface area contributed by atoms with E-state index in [2.05, 4.69) is 6.58 Å². The molecule has 0 aliphatic heterocycles. The summed E-state index contributed by atoms with van der Waals surface area (Å²) in [6, 6.07) is 10.8. The number of hydrogen-bond acceptors (Lipinski definition) is 2. The molecule has 6 heteroatoms. The first-order valence-electron chi connectivity index (χ1n) is 5.90. The molecule has 0 N–H and O–H groups in total. The molecule has 0 aliphatic carbocycles. The lowest BCUT2D eigenvalue weighted by atomic mass is 10.3. The van der Waals surface area contributed by atoms with Gasteiger partial charge in [0.1, 0.15) is 6.54 Å². The maximum atomic E-state index is 10.9. The van der Waals surface area contributed by atoms with Crippen LogP contribution in [0.1, 0.15) is 0 Å². The normalized spacial score (nSPS) is 10.4. The van der Waals surface area contributed by atoms with Gasteiger partial charge in [0.2, 0.25) is 0 Å². The van der Waals surface area contributed by atoms with Gasteiger partial charge in [0.05, 0.1) is 17.2 Å². The Balaban J connectivity index is 0.00000147. The van der Waals surface area contributed by atoms with Gasteiger partial charge in [0.25, 0.3) is 11.3 Å². The Morgan fingerprint density at radius 1 is 1.35 bits per heavy atom. The molecule has 0 saturated carbocycles. The second-order valence-electron chi connectivity index (χ2n) is 4.26. The van der Waals surface area contributed by atoms with Crippen LogP contribution in [0.15, 0.2) is 55.3 Å². The third-order valence-electron chi connectivity index (χ3n) is 3.15. The van der Waals surface area contributed by atoms with E-state index < -0.39 is 0 Å². The molecule has 0 saturated heterocycles. The average Bonchev–Trinajstić information content (AvgIpc) is 2.74. The molecule has 0 bridgehead atoms. The summed E-state index contributed by atoms with van der Waals surface area (Å²) in [7, 11) is 0. The van der Waals surface area contributed by atoms with Crippen molar-refractivity contribution in [3.63, 3.8) is 0 Å². The lowest BCUT2D eigenvalue weighted by Gasteiger charge is -1.93. The van der Waals surface area contributed by atoms with E-state index in [1.807, 2.05) is 33.4 Å². The van der Waals surface area contributed by atoms with E-state index in [1.54, 1.807) is 18.2 Å². The quantitative estimate of drug-likeness (QED) is 0.280. The molecular formula is C14H12BrN3O2. The van der Waals surface area contributed by atoms with E-state index in [4.69, 9.17) is 0 Å². The minimum Gasteiger partial charge on any atom is -1.00 e. The maximum absolute atomic E-state index is 10.9. The van der Waals surface area contributed by atoms with Crippen molar-refractivity contribution in [2.75, 3.05) is 0 Å². The van der Waals surface area contributed by atoms with E-state index in [0.29, 0.717) is 6.54 Å². The van der Waals surface area contributed by atoms with Crippen LogP contribution in [0.3, 0.4) is 0 Å². The van der Waals surface area contributed by atoms with E-state index in [-0.39, 0.29) is 27.6 Å². The standard InChI is InChI=1S/C14H12N3O2.BrH/c1-2-8-15-13-10-11(17(18)19)6-7-12(13)16-9-4-3-5-14(15)16;/h2-7,9-10H,1,8H2;1H/q+1;/p-1. The Morgan fingerprint density at radius 2 is 2.15 bits per heavy atom. The van der Waals surface area contributed by atoms with Crippen LogP contribution in [0.2, 0.25) is 0 Å².